The van der Waals surface area contributed by atoms with Crippen LogP contribution in [0.15, 0.2) is 27.6 Å². The average Bonchev–Trinajstić information content (AvgIpc) is 2.09. The van der Waals surface area contributed by atoms with Crippen molar-refractivity contribution >= 4 is 32.6 Å². The molecule has 13 heavy (non-hydrogen) atoms. The van der Waals surface area contributed by atoms with Crippen LogP contribution >= 0.6 is 15.9 Å². The maximum absolute atomic E-state index is 11.5. The normalized spacial score (nSPS) is 12.8. The van der Waals surface area contributed by atoms with Gasteiger partial charge in [0.15, 0.2) is 0 Å². The second-order valence-electron chi connectivity index (χ2n) is 2.46. The second kappa shape index (κ2) is 4.74. The summed E-state index contributed by atoms with van der Waals surface area (Å²) in [6.45, 7) is 2.56. The molecule has 1 aromatic rings. The van der Waals surface area contributed by atoms with Crippen LogP contribution in [0.5, 0.6) is 0 Å². The van der Waals surface area contributed by atoms with Crippen molar-refractivity contribution in [1.82, 2.24) is 4.72 Å². The summed E-state index contributed by atoms with van der Waals surface area (Å²) in [7, 11) is -1.18. The van der Waals surface area contributed by atoms with E-state index < -0.39 is 11.0 Å². The highest BCUT2D eigenvalue weighted by molar-refractivity contribution is 9.10. The predicted molar refractivity (Wildman–Crippen MR) is 58.6 cm³/mol. The smallest absolute Gasteiger partial charge is 0.126 e. The minimum Gasteiger partial charge on any atom is -0.399 e. The van der Waals surface area contributed by atoms with Gasteiger partial charge in [0.1, 0.15) is 11.0 Å². The molecule has 0 saturated heterocycles. The standard InChI is InChI=1S/C8H11BrN2OS/c1-2-11-13(12)8-5-6(10)3-4-7(8)9/h3-5,11H,2,10H2,1H3. The van der Waals surface area contributed by atoms with E-state index in [4.69, 9.17) is 5.73 Å². The average molecular weight is 263 g/mol. The van der Waals surface area contributed by atoms with Gasteiger partial charge in [0.2, 0.25) is 0 Å². The van der Waals surface area contributed by atoms with E-state index in [1.165, 1.54) is 0 Å². The lowest BCUT2D eigenvalue weighted by atomic mass is 10.3. The van der Waals surface area contributed by atoms with E-state index in [1.807, 2.05) is 6.92 Å². The minimum absolute atomic E-state index is 0.615. The molecular formula is C8H11BrN2OS. The summed E-state index contributed by atoms with van der Waals surface area (Å²) in [4.78, 5) is 0.682. The molecule has 1 unspecified atom stereocenters. The summed E-state index contributed by atoms with van der Waals surface area (Å²) in [6, 6.07) is 5.25. The van der Waals surface area contributed by atoms with Crippen LogP contribution in [0.4, 0.5) is 5.69 Å². The fraction of sp³-hybridized carbons (Fsp3) is 0.250. The summed E-state index contributed by atoms with van der Waals surface area (Å²) in [6.07, 6.45) is 0. The first-order valence-electron chi connectivity index (χ1n) is 3.85. The topological polar surface area (TPSA) is 55.1 Å². The Morgan fingerprint density at radius 2 is 2.31 bits per heavy atom. The van der Waals surface area contributed by atoms with Crippen molar-refractivity contribution in [3.63, 3.8) is 0 Å². The molecule has 0 aliphatic heterocycles. The van der Waals surface area contributed by atoms with Gasteiger partial charge in [-0.1, -0.05) is 6.92 Å². The zero-order chi connectivity index (χ0) is 9.84. The fourth-order valence-electron chi connectivity index (χ4n) is 0.871. The number of nitrogens with two attached hydrogens (primary N) is 1. The van der Waals surface area contributed by atoms with Crippen molar-refractivity contribution < 1.29 is 4.21 Å². The third-order valence-corrected chi connectivity index (χ3v) is 3.67. The summed E-state index contributed by atoms with van der Waals surface area (Å²) >= 11 is 3.31. The van der Waals surface area contributed by atoms with Gasteiger partial charge in [0.05, 0.1) is 4.90 Å². The van der Waals surface area contributed by atoms with Gasteiger partial charge in [-0.15, -0.1) is 0 Å². The fourth-order valence-corrected chi connectivity index (χ4v) is 2.46. The van der Waals surface area contributed by atoms with Gasteiger partial charge < -0.3 is 5.73 Å². The molecule has 0 aliphatic rings. The van der Waals surface area contributed by atoms with Gasteiger partial charge in [0, 0.05) is 16.7 Å². The molecule has 72 valence electrons. The van der Waals surface area contributed by atoms with Crippen LogP contribution < -0.4 is 10.5 Å². The van der Waals surface area contributed by atoms with Crippen LogP contribution in [0.25, 0.3) is 0 Å². The third kappa shape index (κ3) is 2.79. The second-order valence-corrected chi connectivity index (χ2v) is 4.58. The first-order valence-corrected chi connectivity index (χ1v) is 5.79. The molecule has 0 heterocycles. The van der Waals surface area contributed by atoms with Gasteiger partial charge in [0.25, 0.3) is 0 Å². The number of hydrogen-bond donors (Lipinski definition) is 2. The Morgan fingerprint density at radius 1 is 1.62 bits per heavy atom. The quantitative estimate of drug-likeness (QED) is 0.815. The number of anilines is 1. The van der Waals surface area contributed by atoms with Crippen LogP contribution in [-0.4, -0.2) is 10.8 Å². The van der Waals surface area contributed by atoms with Crippen molar-refractivity contribution in [3.05, 3.63) is 22.7 Å². The van der Waals surface area contributed by atoms with E-state index in [9.17, 15) is 4.21 Å². The molecule has 0 aromatic heterocycles. The maximum Gasteiger partial charge on any atom is 0.126 e. The van der Waals surface area contributed by atoms with Gasteiger partial charge in [-0.3, -0.25) is 0 Å². The lowest BCUT2D eigenvalue weighted by molar-refractivity contribution is 0.674. The van der Waals surface area contributed by atoms with E-state index in [2.05, 4.69) is 20.7 Å². The number of nitrogens with one attached hydrogen (secondary N) is 1. The minimum atomic E-state index is -1.18. The predicted octanol–water partition coefficient (Wildman–Crippen LogP) is 1.66. The van der Waals surface area contributed by atoms with Gasteiger partial charge in [-0.25, -0.2) is 8.93 Å². The van der Waals surface area contributed by atoms with E-state index in [0.29, 0.717) is 17.1 Å². The molecule has 0 amide bonds. The number of nitrogen functional groups attached to an aromatic ring is 1. The lowest BCUT2D eigenvalue weighted by Gasteiger charge is -2.05. The monoisotopic (exact) mass is 262 g/mol. The van der Waals surface area contributed by atoms with E-state index in [0.717, 1.165) is 4.47 Å². The highest BCUT2D eigenvalue weighted by Crippen LogP contribution is 2.21. The molecule has 0 bridgehead atoms. The first-order chi connectivity index (χ1) is 6.15. The summed E-state index contributed by atoms with van der Waals surface area (Å²) < 4.78 is 15.2. The molecule has 1 atom stereocenters. The van der Waals surface area contributed by atoms with E-state index in [-0.39, 0.29) is 0 Å². The summed E-state index contributed by atoms with van der Waals surface area (Å²) in [5.74, 6) is 0. The van der Waals surface area contributed by atoms with Crippen molar-refractivity contribution in [2.24, 2.45) is 0 Å². The highest BCUT2D eigenvalue weighted by atomic mass is 79.9. The van der Waals surface area contributed by atoms with Crippen molar-refractivity contribution in [1.29, 1.82) is 0 Å². The van der Waals surface area contributed by atoms with Crippen molar-refractivity contribution in [2.75, 3.05) is 12.3 Å². The highest BCUT2D eigenvalue weighted by Gasteiger charge is 2.06. The number of hydrogen-bond acceptors (Lipinski definition) is 2. The zero-order valence-corrected chi connectivity index (χ0v) is 9.61. The van der Waals surface area contributed by atoms with Gasteiger partial charge in [-0.2, -0.15) is 0 Å². The van der Waals surface area contributed by atoms with Crippen LogP contribution in [0.1, 0.15) is 6.92 Å². The van der Waals surface area contributed by atoms with E-state index >= 15 is 0 Å². The Labute approximate surface area is 88.4 Å². The van der Waals surface area contributed by atoms with Crippen LogP contribution in [0.2, 0.25) is 0 Å². The molecule has 0 radical (unpaired) electrons. The first kappa shape index (κ1) is 10.7. The van der Waals surface area contributed by atoms with Crippen LogP contribution in [0.3, 0.4) is 0 Å². The Morgan fingerprint density at radius 3 is 2.92 bits per heavy atom. The van der Waals surface area contributed by atoms with Gasteiger partial charge in [-0.05, 0) is 34.1 Å². The summed E-state index contributed by atoms with van der Waals surface area (Å²) in [5, 5.41) is 0. The molecule has 3 N–H and O–H groups in total. The molecule has 0 fully saturated rings. The molecule has 1 rings (SSSR count). The Bertz CT molecular complexity index is 330. The van der Waals surface area contributed by atoms with Gasteiger partial charge >= 0.3 is 0 Å². The SMILES string of the molecule is CCNS(=O)c1cc(N)ccc1Br. The maximum atomic E-state index is 11.5. The van der Waals surface area contributed by atoms with Crippen LogP contribution in [-0.2, 0) is 11.0 Å². The Balaban J connectivity index is 2.99. The molecule has 5 heteroatoms. The third-order valence-electron chi connectivity index (χ3n) is 1.43. The Kier molecular flexibility index (Phi) is 3.90. The van der Waals surface area contributed by atoms with Crippen LogP contribution in [0, 0.1) is 0 Å². The number of rotatable bonds is 3. The van der Waals surface area contributed by atoms with Crippen molar-refractivity contribution in [2.45, 2.75) is 11.8 Å². The number of halogens is 1. The molecule has 0 aliphatic carbocycles. The largest absolute Gasteiger partial charge is 0.399 e. The molecular weight excluding hydrogens is 252 g/mol. The summed E-state index contributed by atoms with van der Waals surface area (Å²) in [5.41, 5.74) is 6.19. The molecule has 0 saturated carbocycles. The van der Waals surface area contributed by atoms with Crippen molar-refractivity contribution in [3.8, 4) is 0 Å². The Hall–Kier alpha value is -0.390. The lowest BCUT2D eigenvalue weighted by Crippen LogP contribution is -2.16. The number of benzene rings is 1. The van der Waals surface area contributed by atoms with E-state index in [1.54, 1.807) is 18.2 Å². The molecule has 3 nitrogen and oxygen atoms in total. The zero-order valence-electron chi connectivity index (χ0n) is 7.21. The molecule has 0 spiro atoms. The molecule has 1 aromatic carbocycles.